The molecule has 1 aromatic heterocycles. The average molecular weight is 293 g/mol. The highest BCUT2D eigenvalue weighted by molar-refractivity contribution is 7.17. The van der Waals surface area contributed by atoms with Gasteiger partial charge in [0.15, 0.2) is 0 Å². The summed E-state index contributed by atoms with van der Waals surface area (Å²) in [5.41, 5.74) is 6.51. The molecule has 0 saturated carbocycles. The van der Waals surface area contributed by atoms with E-state index in [2.05, 4.69) is 17.9 Å². The molecule has 20 heavy (non-hydrogen) atoms. The number of nitriles is 1. The predicted octanol–water partition coefficient (Wildman–Crippen LogP) is 2.61. The normalized spacial score (nSPS) is 15.9. The van der Waals surface area contributed by atoms with E-state index in [1.165, 1.54) is 24.9 Å². The number of piperidine rings is 1. The lowest BCUT2D eigenvalue weighted by molar-refractivity contribution is 0.0603. The number of nitrogen functional groups attached to an aromatic ring is 1. The maximum Gasteiger partial charge on any atom is 0.343 e. The fourth-order valence-electron chi connectivity index (χ4n) is 2.58. The Labute approximate surface area is 122 Å². The molecule has 0 unspecified atom stereocenters. The van der Waals surface area contributed by atoms with E-state index in [-0.39, 0.29) is 5.69 Å². The number of carbonyl (C=O) groups excluding carboxylic acids is 1. The second-order valence-corrected chi connectivity index (χ2v) is 5.97. The van der Waals surface area contributed by atoms with Crippen molar-refractivity contribution in [1.82, 2.24) is 0 Å². The summed E-state index contributed by atoms with van der Waals surface area (Å²) in [6.45, 7) is 4.00. The van der Waals surface area contributed by atoms with Crippen LogP contribution in [0.4, 0.5) is 10.7 Å². The molecule has 108 valence electrons. The van der Waals surface area contributed by atoms with Crippen LogP contribution in [-0.2, 0) is 4.74 Å². The molecule has 0 radical (unpaired) electrons. The van der Waals surface area contributed by atoms with Gasteiger partial charge in [-0.1, -0.05) is 13.3 Å². The van der Waals surface area contributed by atoms with Crippen LogP contribution in [0, 0.1) is 17.2 Å². The van der Waals surface area contributed by atoms with Crippen LogP contribution >= 0.6 is 11.3 Å². The SMILES string of the molecule is CCC1CCN(c2sc(C#N)c(N)c2C(=O)OC)CC1. The Morgan fingerprint density at radius 2 is 2.20 bits per heavy atom. The molecule has 0 bridgehead atoms. The minimum atomic E-state index is -0.465. The summed E-state index contributed by atoms with van der Waals surface area (Å²) in [5, 5.41) is 9.88. The first-order valence-corrected chi connectivity index (χ1v) is 7.59. The van der Waals surface area contributed by atoms with Crippen molar-refractivity contribution in [2.75, 3.05) is 30.8 Å². The minimum absolute atomic E-state index is 0.247. The van der Waals surface area contributed by atoms with Gasteiger partial charge in [0, 0.05) is 13.1 Å². The molecule has 0 aromatic carbocycles. The van der Waals surface area contributed by atoms with Crippen molar-refractivity contribution >= 4 is 28.0 Å². The monoisotopic (exact) mass is 293 g/mol. The summed E-state index contributed by atoms with van der Waals surface area (Å²) in [7, 11) is 1.33. The first kappa shape index (κ1) is 14.7. The van der Waals surface area contributed by atoms with E-state index in [0.717, 1.165) is 36.9 Å². The lowest BCUT2D eigenvalue weighted by atomic mass is 9.94. The van der Waals surface area contributed by atoms with Crippen molar-refractivity contribution in [1.29, 1.82) is 5.26 Å². The van der Waals surface area contributed by atoms with Crippen molar-refractivity contribution in [3.05, 3.63) is 10.4 Å². The Balaban J connectivity index is 2.32. The molecule has 2 N–H and O–H groups in total. The fraction of sp³-hybridized carbons (Fsp3) is 0.571. The molecule has 2 heterocycles. The fourth-order valence-corrected chi connectivity index (χ4v) is 3.64. The highest BCUT2D eigenvalue weighted by atomic mass is 32.1. The van der Waals surface area contributed by atoms with Crippen LogP contribution in [0.25, 0.3) is 0 Å². The summed E-state index contributed by atoms with van der Waals surface area (Å²) < 4.78 is 4.80. The first-order chi connectivity index (χ1) is 9.62. The Kier molecular flexibility index (Phi) is 4.50. The molecule has 1 fully saturated rings. The highest BCUT2D eigenvalue weighted by Crippen LogP contribution is 2.40. The third-order valence-corrected chi connectivity index (χ3v) is 5.07. The topological polar surface area (TPSA) is 79.4 Å². The molecule has 0 aliphatic carbocycles. The summed E-state index contributed by atoms with van der Waals surface area (Å²) in [4.78, 5) is 14.5. The number of rotatable bonds is 3. The van der Waals surface area contributed by atoms with Crippen LogP contribution in [0.3, 0.4) is 0 Å². The van der Waals surface area contributed by atoms with E-state index in [4.69, 9.17) is 15.7 Å². The standard InChI is InChI=1S/C14H19N3O2S/c1-3-9-4-6-17(7-5-9)13-11(14(18)19-2)12(16)10(8-15)20-13/h9H,3-7,16H2,1-2H3. The number of methoxy groups -OCH3 is 1. The van der Waals surface area contributed by atoms with Crippen molar-refractivity contribution in [3.63, 3.8) is 0 Å². The molecule has 1 aliphatic heterocycles. The molecule has 2 rings (SSSR count). The molecule has 1 aliphatic rings. The van der Waals surface area contributed by atoms with Gasteiger partial charge in [0.2, 0.25) is 0 Å². The second-order valence-electron chi connectivity index (χ2n) is 4.97. The van der Waals surface area contributed by atoms with E-state index in [1.807, 2.05) is 0 Å². The number of nitrogens with zero attached hydrogens (tertiary/aromatic N) is 2. The molecule has 6 heteroatoms. The van der Waals surface area contributed by atoms with Crippen molar-refractivity contribution in [3.8, 4) is 6.07 Å². The Hall–Kier alpha value is -1.74. The van der Waals surface area contributed by atoms with Gasteiger partial charge in [-0.05, 0) is 18.8 Å². The van der Waals surface area contributed by atoms with Gasteiger partial charge < -0.3 is 15.4 Å². The largest absolute Gasteiger partial charge is 0.465 e. The number of nitrogens with two attached hydrogens (primary N) is 1. The van der Waals surface area contributed by atoms with Gasteiger partial charge in [0.05, 0.1) is 12.8 Å². The van der Waals surface area contributed by atoms with Crippen LogP contribution in [0.15, 0.2) is 0 Å². The smallest absolute Gasteiger partial charge is 0.343 e. The van der Waals surface area contributed by atoms with Gasteiger partial charge in [-0.3, -0.25) is 0 Å². The maximum atomic E-state index is 11.9. The number of esters is 1. The molecular weight excluding hydrogens is 274 g/mol. The third kappa shape index (κ3) is 2.59. The summed E-state index contributed by atoms with van der Waals surface area (Å²) in [5.74, 6) is 0.286. The number of carbonyl (C=O) groups is 1. The van der Waals surface area contributed by atoms with Gasteiger partial charge >= 0.3 is 5.97 Å². The Morgan fingerprint density at radius 1 is 1.55 bits per heavy atom. The number of hydrogen-bond donors (Lipinski definition) is 1. The van der Waals surface area contributed by atoms with E-state index in [0.29, 0.717) is 10.4 Å². The van der Waals surface area contributed by atoms with Crippen molar-refractivity contribution < 1.29 is 9.53 Å². The molecule has 5 nitrogen and oxygen atoms in total. The lowest BCUT2D eigenvalue weighted by Crippen LogP contribution is -2.33. The van der Waals surface area contributed by atoms with Crippen molar-refractivity contribution in [2.24, 2.45) is 5.92 Å². The zero-order valence-electron chi connectivity index (χ0n) is 11.8. The molecule has 1 aromatic rings. The van der Waals surface area contributed by atoms with Crippen LogP contribution in [0.1, 0.15) is 41.4 Å². The Bertz CT molecular complexity index is 539. The maximum absolute atomic E-state index is 11.9. The van der Waals surface area contributed by atoms with Gasteiger partial charge in [0.1, 0.15) is 21.5 Å². The second kappa shape index (κ2) is 6.14. The molecule has 0 atom stereocenters. The van der Waals surface area contributed by atoms with Crippen molar-refractivity contribution in [2.45, 2.75) is 26.2 Å². The number of thiophene rings is 1. The Morgan fingerprint density at radius 3 is 2.70 bits per heavy atom. The van der Waals surface area contributed by atoms with E-state index >= 15 is 0 Å². The molecular formula is C14H19N3O2S. The number of anilines is 2. The zero-order valence-corrected chi connectivity index (χ0v) is 12.6. The number of ether oxygens (including phenoxy) is 1. The quantitative estimate of drug-likeness (QED) is 0.867. The zero-order chi connectivity index (χ0) is 14.7. The first-order valence-electron chi connectivity index (χ1n) is 6.77. The van der Waals surface area contributed by atoms with Crippen LogP contribution in [0.5, 0.6) is 0 Å². The number of hydrogen-bond acceptors (Lipinski definition) is 6. The predicted molar refractivity (Wildman–Crippen MR) is 80.0 cm³/mol. The van der Waals surface area contributed by atoms with Crippen LogP contribution in [0.2, 0.25) is 0 Å². The van der Waals surface area contributed by atoms with Gasteiger partial charge in [-0.2, -0.15) is 5.26 Å². The van der Waals surface area contributed by atoms with E-state index in [9.17, 15) is 4.79 Å². The van der Waals surface area contributed by atoms with Crippen LogP contribution < -0.4 is 10.6 Å². The van der Waals surface area contributed by atoms with E-state index < -0.39 is 5.97 Å². The summed E-state index contributed by atoms with van der Waals surface area (Å²) in [6.07, 6.45) is 3.40. The molecule has 0 amide bonds. The molecule has 0 spiro atoms. The highest BCUT2D eigenvalue weighted by Gasteiger charge is 2.28. The average Bonchev–Trinajstić information content (AvgIpc) is 2.83. The van der Waals surface area contributed by atoms with Crippen LogP contribution in [-0.4, -0.2) is 26.2 Å². The van der Waals surface area contributed by atoms with E-state index in [1.54, 1.807) is 0 Å². The summed E-state index contributed by atoms with van der Waals surface area (Å²) in [6, 6.07) is 2.05. The van der Waals surface area contributed by atoms with Gasteiger partial charge in [-0.25, -0.2) is 4.79 Å². The van der Waals surface area contributed by atoms with Gasteiger partial charge in [0.25, 0.3) is 0 Å². The minimum Gasteiger partial charge on any atom is -0.465 e. The van der Waals surface area contributed by atoms with Gasteiger partial charge in [-0.15, -0.1) is 11.3 Å². The lowest BCUT2D eigenvalue weighted by Gasteiger charge is -2.32. The summed E-state index contributed by atoms with van der Waals surface area (Å²) >= 11 is 1.28. The third-order valence-electron chi connectivity index (χ3n) is 3.90. The molecule has 1 saturated heterocycles.